The first-order valence-corrected chi connectivity index (χ1v) is 6.22. The highest BCUT2D eigenvalue weighted by molar-refractivity contribution is 6.12. The smallest absolute Gasteiger partial charge is 0.363 e. The Morgan fingerprint density at radius 3 is 2.60 bits per heavy atom. The summed E-state index contributed by atoms with van der Waals surface area (Å²) in [5.74, 6) is -0.114. The summed E-state index contributed by atoms with van der Waals surface area (Å²) >= 11 is 0. The van der Waals surface area contributed by atoms with Gasteiger partial charge in [-0.2, -0.15) is 0 Å². The van der Waals surface area contributed by atoms with Crippen molar-refractivity contribution >= 4 is 17.9 Å². The van der Waals surface area contributed by atoms with E-state index in [0.29, 0.717) is 11.6 Å². The third-order valence-electron chi connectivity index (χ3n) is 3.03. The van der Waals surface area contributed by atoms with Crippen molar-refractivity contribution in [2.45, 2.75) is 6.92 Å². The van der Waals surface area contributed by atoms with Gasteiger partial charge in [0.25, 0.3) is 0 Å². The van der Waals surface area contributed by atoms with Crippen molar-refractivity contribution in [3.8, 4) is 0 Å². The Labute approximate surface area is 116 Å². The van der Waals surface area contributed by atoms with E-state index in [0.717, 1.165) is 16.7 Å². The van der Waals surface area contributed by atoms with Crippen molar-refractivity contribution in [1.29, 1.82) is 0 Å². The van der Waals surface area contributed by atoms with Crippen LogP contribution in [0.4, 0.5) is 0 Å². The molecule has 3 rings (SSSR count). The van der Waals surface area contributed by atoms with Crippen LogP contribution in [-0.4, -0.2) is 16.9 Å². The molecule has 0 saturated heterocycles. The number of aromatic nitrogens is 1. The number of cyclic esters (lactones) is 1. The lowest BCUT2D eigenvalue weighted by Crippen LogP contribution is -2.05. The number of carbonyl (C=O) groups is 1. The van der Waals surface area contributed by atoms with Gasteiger partial charge in [0.2, 0.25) is 5.90 Å². The summed E-state index contributed by atoms with van der Waals surface area (Å²) in [6.45, 7) is 1.99. The molecule has 0 unspecified atom stereocenters. The van der Waals surface area contributed by atoms with Crippen LogP contribution < -0.4 is 0 Å². The lowest BCUT2D eigenvalue weighted by Gasteiger charge is -1.98. The molecule has 0 N–H and O–H groups in total. The molecule has 2 heterocycles. The quantitative estimate of drug-likeness (QED) is 0.619. The van der Waals surface area contributed by atoms with Crippen molar-refractivity contribution in [3.63, 3.8) is 0 Å². The first-order valence-electron chi connectivity index (χ1n) is 6.22. The van der Waals surface area contributed by atoms with E-state index in [9.17, 15) is 4.79 Å². The highest BCUT2D eigenvalue weighted by Crippen LogP contribution is 2.20. The predicted octanol–water partition coefficient (Wildman–Crippen LogP) is 2.73. The fourth-order valence-corrected chi connectivity index (χ4v) is 1.92. The molecule has 0 fully saturated rings. The number of nitrogens with zero attached hydrogens (tertiary/aromatic N) is 2. The molecule has 0 bridgehead atoms. The average Bonchev–Trinajstić information content (AvgIpc) is 2.84. The zero-order valence-corrected chi connectivity index (χ0v) is 10.9. The summed E-state index contributed by atoms with van der Waals surface area (Å²) in [4.78, 5) is 20.0. The van der Waals surface area contributed by atoms with E-state index < -0.39 is 5.97 Å². The molecule has 1 aliphatic rings. The van der Waals surface area contributed by atoms with Gasteiger partial charge in [-0.05, 0) is 36.3 Å². The minimum atomic E-state index is -0.430. The predicted molar refractivity (Wildman–Crippen MR) is 76.0 cm³/mol. The van der Waals surface area contributed by atoms with Crippen molar-refractivity contribution in [1.82, 2.24) is 4.98 Å². The van der Waals surface area contributed by atoms with Gasteiger partial charge in [-0.3, -0.25) is 4.98 Å². The fourth-order valence-electron chi connectivity index (χ4n) is 1.92. The Hall–Kier alpha value is -2.75. The van der Waals surface area contributed by atoms with E-state index >= 15 is 0 Å². The molecule has 0 amide bonds. The van der Waals surface area contributed by atoms with Crippen LogP contribution in [0, 0.1) is 6.92 Å². The Kier molecular flexibility index (Phi) is 3.13. The Morgan fingerprint density at radius 1 is 1.10 bits per heavy atom. The Morgan fingerprint density at radius 2 is 1.85 bits per heavy atom. The van der Waals surface area contributed by atoms with Crippen molar-refractivity contribution < 1.29 is 9.53 Å². The monoisotopic (exact) mass is 264 g/mol. The van der Waals surface area contributed by atoms with Gasteiger partial charge in [-0.1, -0.05) is 24.3 Å². The number of aliphatic imine (C=N–C) groups is 1. The molecule has 1 aromatic heterocycles. The molecule has 0 radical (unpaired) electrons. The minimum Gasteiger partial charge on any atom is -0.402 e. The number of ether oxygens (including phenoxy) is 1. The lowest BCUT2D eigenvalue weighted by molar-refractivity contribution is -0.129. The molecule has 4 nitrogen and oxygen atoms in total. The lowest BCUT2D eigenvalue weighted by atomic mass is 10.1. The molecule has 0 atom stereocenters. The topological polar surface area (TPSA) is 51.6 Å². The van der Waals surface area contributed by atoms with E-state index in [1.807, 2.05) is 31.2 Å². The third kappa shape index (κ3) is 2.36. The first-order chi connectivity index (χ1) is 9.74. The molecule has 20 heavy (non-hydrogen) atoms. The number of pyridine rings is 1. The number of benzene rings is 1. The van der Waals surface area contributed by atoms with Crippen LogP contribution in [0.1, 0.15) is 16.7 Å². The summed E-state index contributed by atoms with van der Waals surface area (Å²) in [5.41, 5.74) is 3.09. The second-order valence-corrected chi connectivity index (χ2v) is 4.43. The molecule has 0 saturated carbocycles. The molecular formula is C16H12N2O2. The van der Waals surface area contributed by atoms with E-state index in [1.165, 1.54) is 0 Å². The van der Waals surface area contributed by atoms with E-state index in [4.69, 9.17) is 4.74 Å². The van der Waals surface area contributed by atoms with Crippen LogP contribution in [0.25, 0.3) is 6.08 Å². The molecule has 98 valence electrons. The van der Waals surface area contributed by atoms with Gasteiger partial charge in [-0.25, -0.2) is 9.79 Å². The van der Waals surface area contributed by atoms with Gasteiger partial charge in [0.1, 0.15) is 0 Å². The van der Waals surface area contributed by atoms with Crippen molar-refractivity contribution in [2.75, 3.05) is 0 Å². The summed E-state index contributed by atoms with van der Waals surface area (Å²) in [7, 11) is 0. The van der Waals surface area contributed by atoms with Gasteiger partial charge in [0.05, 0.1) is 0 Å². The van der Waals surface area contributed by atoms with E-state index in [1.54, 1.807) is 30.6 Å². The normalized spacial score (nSPS) is 16.1. The average molecular weight is 264 g/mol. The van der Waals surface area contributed by atoms with Crippen LogP contribution >= 0.6 is 0 Å². The Balaban J connectivity index is 1.97. The van der Waals surface area contributed by atoms with Crippen molar-refractivity contribution in [2.24, 2.45) is 4.99 Å². The maximum absolute atomic E-state index is 11.9. The molecule has 1 aliphatic heterocycles. The van der Waals surface area contributed by atoms with E-state index in [2.05, 4.69) is 9.98 Å². The van der Waals surface area contributed by atoms with Gasteiger partial charge in [0.15, 0.2) is 5.70 Å². The minimum absolute atomic E-state index is 0.311. The molecule has 0 spiro atoms. The number of hydrogen-bond donors (Lipinski definition) is 0. The second-order valence-electron chi connectivity index (χ2n) is 4.43. The maximum atomic E-state index is 11.9. The molecule has 1 aromatic carbocycles. The highest BCUT2D eigenvalue weighted by atomic mass is 16.6. The van der Waals surface area contributed by atoms with Crippen LogP contribution in [0.3, 0.4) is 0 Å². The molecule has 2 aromatic rings. The van der Waals surface area contributed by atoms with Gasteiger partial charge >= 0.3 is 5.97 Å². The molecule has 4 heteroatoms. The Bertz CT molecular complexity index is 718. The molecule has 0 aliphatic carbocycles. The number of hydrogen-bond acceptors (Lipinski definition) is 4. The third-order valence-corrected chi connectivity index (χ3v) is 3.03. The summed E-state index contributed by atoms with van der Waals surface area (Å²) in [5, 5.41) is 0. The number of aryl methyl sites for hydroxylation is 1. The zero-order chi connectivity index (χ0) is 13.9. The number of esters is 1. The zero-order valence-electron chi connectivity index (χ0n) is 10.9. The van der Waals surface area contributed by atoms with Crippen LogP contribution in [-0.2, 0) is 9.53 Å². The fraction of sp³-hybridized carbons (Fsp3) is 0.0625. The number of rotatable bonds is 2. The number of carbonyl (C=O) groups excluding carboxylic acids is 1. The van der Waals surface area contributed by atoms with Crippen LogP contribution in [0.2, 0.25) is 0 Å². The SMILES string of the molecule is Cc1ccccc1/C=C1\N=C(c2ccncc2)OC1=O. The summed E-state index contributed by atoms with van der Waals surface area (Å²) in [6.07, 6.45) is 5.01. The van der Waals surface area contributed by atoms with Crippen LogP contribution in [0.15, 0.2) is 59.5 Å². The maximum Gasteiger partial charge on any atom is 0.363 e. The highest BCUT2D eigenvalue weighted by Gasteiger charge is 2.24. The standard InChI is InChI=1S/C16H12N2O2/c1-11-4-2-3-5-13(11)10-14-16(19)20-15(18-14)12-6-8-17-9-7-12/h2-10H,1H3/b14-10-. The van der Waals surface area contributed by atoms with Gasteiger partial charge in [-0.15, -0.1) is 0 Å². The summed E-state index contributed by atoms with van der Waals surface area (Å²) < 4.78 is 5.19. The summed E-state index contributed by atoms with van der Waals surface area (Å²) in [6, 6.07) is 11.3. The first kappa shape index (κ1) is 12.3. The second kappa shape index (κ2) is 5.09. The molecular weight excluding hydrogens is 252 g/mol. The van der Waals surface area contributed by atoms with Gasteiger partial charge in [0, 0.05) is 18.0 Å². The van der Waals surface area contributed by atoms with Gasteiger partial charge < -0.3 is 4.74 Å². The van der Waals surface area contributed by atoms with E-state index in [-0.39, 0.29) is 0 Å². The van der Waals surface area contributed by atoms with Crippen LogP contribution in [0.5, 0.6) is 0 Å². The largest absolute Gasteiger partial charge is 0.402 e. The van der Waals surface area contributed by atoms with Crippen molar-refractivity contribution in [3.05, 3.63) is 71.2 Å².